The van der Waals surface area contributed by atoms with Crippen molar-refractivity contribution in [3.05, 3.63) is 54.1 Å². The molecule has 0 spiro atoms. The van der Waals surface area contributed by atoms with E-state index >= 15 is 0 Å². The van der Waals surface area contributed by atoms with Crippen LogP contribution in [0.15, 0.2) is 58.3 Å². The van der Waals surface area contributed by atoms with E-state index < -0.39 is 0 Å². The van der Waals surface area contributed by atoms with Gasteiger partial charge >= 0.3 is 0 Å². The van der Waals surface area contributed by atoms with Crippen molar-refractivity contribution >= 4 is 17.7 Å². The normalized spacial score (nSPS) is 24.3. The molecule has 2 aromatic rings. The van der Waals surface area contributed by atoms with E-state index in [2.05, 4.69) is 16.3 Å². The topological polar surface area (TPSA) is 41.6 Å². The molecule has 0 saturated carbocycles. The van der Waals surface area contributed by atoms with Crippen LogP contribution in [0.1, 0.15) is 23.2 Å². The van der Waals surface area contributed by atoms with Crippen molar-refractivity contribution in [1.82, 2.24) is 10.2 Å². The third-order valence-electron chi connectivity index (χ3n) is 5.20. The average molecular weight is 369 g/mol. The third-order valence-corrected chi connectivity index (χ3v) is 6.19. The molecule has 136 valence electrons. The number of rotatable bonds is 5. The van der Waals surface area contributed by atoms with E-state index in [9.17, 15) is 4.79 Å². The molecule has 2 fully saturated rings. The monoisotopic (exact) mass is 368 g/mol. The molecule has 2 heterocycles. The molecule has 2 bridgehead atoms. The number of methoxy groups -OCH3 is 1. The Morgan fingerprint density at radius 1 is 1.15 bits per heavy atom. The second kappa shape index (κ2) is 7.72. The lowest BCUT2D eigenvalue weighted by Crippen LogP contribution is -2.47. The van der Waals surface area contributed by atoms with E-state index in [1.165, 1.54) is 19.5 Å². The number of carbonyl (C=O) groups is 1. The van der Waals surface area contributed by atoms with Crippen LogP contribution in [0.3, 0.4) is 0 Å². The first-order valence-corrected chi connectivity index (χ1v) is 9.96. The van der Waals surface area contributed by atoms with Gasteiger partial charge in [-0.15, -0.1) is 0 Å². The van der Waals surface area contributed by atoms with Crippen LogP contribution in [0.4, 0.5) is 0 Å². The smallest absolute Gasteiger partial charge is 0.251 e. The number of carbonyl (C=O) groups excluding carboxylic acids is 1. The Bertz CT molecular complexity index is 766. The fourth-order valence-corrected chi connectivity index (χ4v) is 4.77. The van der Waals surface area contributed by atoms with Gasteiger partial charge in [-0.25, -0.2) is 0 Å². The summed E-state index contributed by atoms with van der Waals surface area (Å²) in [7, 11) is 1.67. The summed E-state index contributed by atoms with van der Waals surface area (Å²) in [5.74, 6) is 1.65. The van der Waals surface area contributed by atoms with Crippen LogP contribution in [0.5, 0.6) is 5.75 Å². The van der Waals surface area contributed by atoms with Gasteiger partial charge in [0.1, 0.15) is 5.75 Å². The van der Waals surface area contributed by atoms with Gasteiger partial charge in [-0.2, -0.15) is 0 Å². The fourth-order valence-electron chi connectivity index (χ4n) is 3.91. The van der Waals surface area contributed by atoms with Gasteiger partial charge in [-0.3, -0.25) is 4.79 Å². The summed E-state index contributed by atoms with van der Waals surface area (Å²) in [4.78, 5) is 17.2. The van der Waals surface area contributed by atoms with Gasteiger partial charge in [0.15, 0.2) is 0 Å². The van der Waals surface area contributed by atoms with Gasteiger partial charge in [0, 0.05) is 34.5 Å². The lowest BCUT2D eigenvalue weighted by Gasteiger charge is -2.30. The van der Waals surface area contributed by atoms with Crippen molar-refractivity contribution in [2.75, 3.05) is 26.7 Å². The first-order valence-electron chi connectivity index (χ1n) is 9.15. The Morgan fingerprint density at radius 3 is 2.77 bits per heavy atom. The number of benzene rings is 2. The summed E-state index contributed by atoms with van der Waals surface area (Å²) in [5.41, 5.74) is 0.730. The van der Waals surface area contributed by atoms with Crippen molar-refractivity contribution < 1.29 is 9.53 Å². The summed E-state index contributed by atoms with van der Waals surface area (Å²) in [6.45, 7) is 3.39. The Kier molecular flexibility index (Phi) is 5.18. The molecule has 3 atom stereocenters. The number of nitrogens with zero attached hydrogens (tertiary/aromatic N) is 1. The van der Waals surface area contributed by atoms with Crippen LogP contribution in [0, 0.1) is 5.92 Å². The molecule has 3 unspecified atom stereocenters. The molecule has 2 saturated heterocycles. The van der Waals surface area contributed by atoms with E-state index in [1.54, 1.807) is 18.9 Å². The third kappa shape index (κ3) is 4.05. The lowest BCUT2D eigenvalue weighted by molar-refractivity contribution is 0.0909. The SMILES string of the molecule is COc1cccc(Sc2ccc(C(=O)NC3CC4CCN(C4)C3)cc2)c1. The first kappa shape index (κ1) is 17.4. The Morgan fingerprint density at radius 2 is 2.00 bits per heavy atom. The standard InChI is InChI=1S/C21H24N2O2S/c1-25-18-3-2-4-20(12-18)26-19-7-5-16(6-8-19)21(24)22-17-11-15-9-10-23(13-15)14-17/h2-8,12,15,17H,9-11,13-14H2,1H3,(H,22,24). The highest BCUT2D eigenvalue weighted by Gasteiger charge is 2.32. The maximum atomic E-state index is 12.5. The van der Waals surface area contributed by atoms with E-state index in [4.69, 9.17) is 4.74 Å². The van der Waals surface area contributed by atoms with Crippen molar-refractivity contribution in [3.8, 4) is 5.75 Å². The van der Waals surface area contributed by atoms with Gasteiger partial charge in [0.25, 0.3) is 5.91 Å². The van der Waals surface area contributed by atoms with Crippen LogP contribution in [0.2, 0.25) is 0 Å². The molecule has 5 heteroatoms. The molecule has 4 rings (SSSR count). The predicted molar refractivity (Wildman–Crippen MR) is 104 cm³/mol. The Labute approximate surface area is 158 Å². The fraction of sp³-hybridized carbons (Fsp3) is 0.381. The molecule has 0 radical (unpaired) electrons. The Hall–Kier alpha value is -1.98. The second-order valence-corrected chi connectivity index (χ2v) is 8.27. The van der Waals surface area contributed by atoms with E-state index in [1.807, 2.05) is 42.5 Å². The lowest BCUT2D eigenvalue weighted by atomic mass is 9.96. The summed E-state index contributed by atoms with van der Waals surface area (Å²) in [6, 6.07) is 16.1. The van der Waals surface area contributed by atoms with Crippen molar-refractivity contribution in [2.24, 2.45) is 5.92 Å². The van der Waals surface area contributed by atoms with E-state index in [-0.39, 0.29) is 11.9 Å². The van der Waals surface area contributed by atoms with Gasteiger partial charge in [-0.1, -0.05) is 17.8 Å². The maximum Gasteiger partial charge on any atom is 0.251 e. The summed E-state index contributed by atoms with van der Waals surface area (Å²) in [5, 5.41) is 3.22. The Balaban J connectivity index is 1.36. The highest BCUT2D eigenvalue weighted by atomic mass is 32.2. The largest absolute Gasteiger partial charge is 0.497 e. The van der Waals surface area contributed by atoms with Gasteiger partial charge in [-0.05, 0) is 67.8 Å². The predicted octanol–water partition coefficient (Wildman–Crippen LogP) is 3.67. The van der Waals surface area contributed by atoms with Crippen LogP contribution in [0.25, 0.3) is 0 Å². The van der Waals surface area contributed by atoms with Crippen molar-refractivity contribution in [2.45, 2.75) is 28.7 Å². The molecule has 26 heavy (non-hydrogen) atoms. The van der Waals surface area contributed by atoms with E-state index in [0.29, 0.717) is 0 Å². The van der Waals surface area contributed by atoms with Gasteiger partial charge in [0.2, 0.25) is 0 Å². The first-order chi connectivity index (χ1) is 12.7. The molecule has 1 N–H and O–H groups in total. The van der Waals surface area contributed by atoms with Crippen LogP contribution < -0.4 is 10.1 Å². The number of nitrogens with one attached hydrogen (secondary N) is 1. The molecule has 1 amide bonds. The average Bonchev–Trinajstić information content (AvgIpc) is 3.00. The molecule has 0 aliphatic carbocycles. The maximum absolute atomic E-state index is 12.5. The second-order valence-electron chi connectivity index (χ2n) is 7.13. The summed E-state index contributed by atoms with van der Waals surface area (Å²) in [6.07, 6.45) is 2.40. The molecule has 2 aliphatic rings. The zero-order valence-corrected chi connectivity index (χ0v) is 15.8. The highest BCUT2D eigenvalue weighted by molar-refractivity contribution is 7.99. The summed E-state index contributed by atoms with van der Waals surface area (Å²) < 4.78 is 5.27. The molecular formula is C21H24N2O2S. The minimum Gasteiger partial charge on any atom is -0.497 e. The number of hydrogen-bond acceptors (Lipinski definition) is 4. The van der Waals surface area contributed by atoms with Crippen LogP contribution in [-0.4, -0.2) is 43.6 Å². The van der Waals surface area contributed by atoms with E-state index in [0.717, 1.165) is 40.0 Å². The highest BCUT2D eigenvalue weighted by Crippen LogP contribution is 2.30. The van der Waals surface area contributed by atoms with Crippen LogP contribution >= 0.6 is 11.8 Å². The zero-order chi connectivity index (χ0) is 17.9. The van der Waals surface area contributed by atoms with Gasteiger partial charge < -0.3 is 15.0 Å². The molecule has 0 aromatic heterocycles. The number of fused-ring (bicyclic) bond motifs is 2. The van der Waals surface area contributed by atoms with Crippen LogP contribution in [-0.2, 0) is 0 Å². The van der Waals surface area contributed by atoms with Crippen molar-refractivity contribution in [1.29, 1.82) is 0 Å². The molecule has 4 nitrogen and oxygen atoms in total. The quantitative estimate of drug-likeness (QED) is 0.874. The number of amides is 1. The van der Waals surface area contributed by atoms with Crippen molar-refractivity contribution in [3.63, 3.8) is 0 Å². The molecule has 2 aromatic carbocycles. The number of ether oxygens (including phenoxy) is 1. The number of hydrogen-bond donors (Lipinski definition) is 1. The minimum atomic E-state index is 0.0374. The van der Waals surface area contributed by atoms with Gasteiger partial charge in [0.05, 0.1) is 7.11 Å². The summed E-state index contributed by atoms with van der Waals surface area (Å²) >= 11 is 1.66. The zero-order valence-electron chi connectivity index (χ0n) is 15.0. The number of piperidine rings is 1. The minimum absolute atomic E-state index is 0.0374. The molecule has 2 aliphatic heterocycles. The molecular weight excluding hydrogens is 344 g/mol.